The number of rotatable bonds is 2. The molecule has 1 rings (SSSR count). The van der Waals surface area contributed by atoms with E-state index in [1.807, 2.05) is 39.0 Å². The van der Waals surface area contributed by atoms with Crippen LogP contribution in [0.15, 0.2) is 24.3 Å². The fourth-order valence-electron chi connectivity index (χ4n) is 0.900. The molecule has 15 heavy (non-hydrogen) atoms. The van der Waals surface area contributed by atoms with Gasteiger partial charge in [-0.05, 0) is 55.5 Å². The number of carbonyl (C=O) groups is 1. The van der Waals surface area contributed by atoms with Crippen LogP contribution in [0.25, 0.3) is 0 Å². The van der Waals surface area contributed by atoms with Crippen LogP contribution in [0.5, 0.6) is 0 Å². The highest BCUT2D eigenvalue weighted by Gasteiger charge is 2.14. The van der Waals surface area contributed by atoms with Crippen LogP contribution in [0.1, 0.15) is 31.1 Å². The van der Waals surface area contributed by atoms with Crippen LogP contribution < -0.4 is 5.48 Å². The summed E-state index contributed by atoms with van der Waals surface area (Å²) < 4.78 is 0.908. The molecule has 0 saturated heterocycles. The van der Waals surface area contributed by atoms with Crippen LogP contribution in [0, 0.1) is 3.57 Å². The second-order valence-corrected chi connectivity index (χ2v) is 5.29. The average Bonchev–Trinajstić information content (AvgIpc) is 2.14. The summed E-state index contributed by atoms with van der Waals surface area (Å²) in [6.45, 7) is 5.63. The molecule has 0 spiro atoms. The van der Waals surface area contributed by atoms with E-state index in [9.17, 15) is 4.79 Å². The minimum Gasteiger partial charge on any atom is -0.268 e. The number of benzene rings is 1. The minimum atomic E-state index is -0.379. The molecule has 0 aliphatic heterocycles. The van der Waals surface area contributed by atoms with E-state index in [1.54, 1.807) is 6.07 Å². The van der Waals surface area contributed by atoms with Gasteiger partial charge >= 0.3 is 0 Å². The van der Waals surface area contributed by atoms with Gasteiger partial charge < -0.3 is 0 Å². The van der Waals surface area contributed by atoms with Crippen molar-refractivity contribution < 1.29 is 9.63 Å². The SMILES string of the molecule is CC(C)(C)ONC(=O)c1ccccc1I. The third-order valence-electron chi connectivity index (χ3n) is 1.57. The number of hydrogen-bond donors (Lipinski definition) is 1. The van der Waals surface area contributed by atoms with Crippen molar-refractivity contribution in [3.05, 3.63) is 33.4 Å². The number of hydroxylamine groups is 1. The minimum absolute atomic E-state index is 0.213. The number of hydrogen-bond acceptors (Lipinski definition) is 2. The Morgan fingerprint density at radius 1 is 1.33 bits per heavy atom. The lowest BCUT2D eigenvalue weighted by atomic mass is 10.2. The van der Waals surface area contributed by atoms with E-state index in [0.717, 1.165) is 3.57 Å². The molecule has 0 saturated carbocycles. The Hall–Kier alpha value is -0.620. The first-order valence-corrected chi connectivity index (χ1v) is 5.71. The van der Waals surface area contributed by atoms with E-state index in [2.05, 4.69) is 28.1 Å². The van der Waals surface area contributed by atoms with E-state index < -0.39 is 0 Å². The van der Waals surface area contributed by atoms with Crippen molar-refractivity contribution in [3.63, 3.8) is 0 Å². The summed E-state index contributed by atoms with van der Waals surface area (Å²) in [6, 6.07) is 7.37. The Balaban J connectivity index is 2.66. The van der Waals surface area contributed by atoms with Crippen LogP contribution in [-0.2, 0) is 4.84 Å². The zero-order valence-corrected chi connectivity index (χ0v) is 11.2. The van der Waals surface area contributed by atoms with Crippen molar-refractivity contribution in [3.8, 4) is 0 Å². The summed E-state index contributed by atoms with van der Waals surface area (Å²) in [6.07, 6.45) is 0. The summed E-state index contributed by atoms with van der Waals surface area (Å²) in [4.78, 5) is 16.9. The maximum atomic E-state index is 11.7. The van der Waals surface area contributed by atoms with Crippen molar-refractivity contribution in [1.29, 1.82) is 0 Å². The molecule has 1 N–H and O–H groups in total. The average molecular weight is 319 g/mol. The number of carbonyl (C=O) groups excluding carboxylic acids is 1. The Morgan fingerprint density at radius 2 is 1.93 bits per heavy atom. The zero-order valence-electron chi connectivity index (χ0n) is 9.00. The second-order valence-electron chi connectivity index (χ2n) is 4.13. The lowest BCUT2D eigenvalue weighted by Crippen LogP contribution is -2.33. The molecule has 82 valence electrons. The maximum absolute atomic E-state index is 11.7. The topological polar surface area (TPSA) is 38.3 Å². The highest BCUT2D eigenvalue weighted by atomic mass is 127. The molecule has 1 aromatic carbocycles. The molecule has 4 heteroatoms. The second kappa shape index (κ2) is 4.94. The van der Waals surface area contributed by atoms with Gasteiger partial charge in [-0.1, -0.05) is 12.1 Å². The molecule has 0 bridgehead atoms. The number of amides is 1. The molecule has 0 unspecified atom stereocenters. The van der Waals surface area contributed by atoms with Gasteiger partial charge in [-0.2, -0.15) is 0 Å². The van der Waals surface area contributed by atoms with Crippen LogP contribution in [0.2, 0.25) is 0 Å². The van der Waals surface area contributed by atoms with Crippen molar-refractivity contribution in [2.45, 2.75) is 26.4 Å². The van der Waals surface area contributed by atoms with Gasteiger partial charge in [0.1, 0.15) is 0 Å². The van der Waals surface area contributed by atoms with Gasteiger partial charge in [0, 0.05) is 3.57 Å². The Bertz CT molecular complexity index is 358. The van der Waals surface area contributed by atoms with Crippen LogP contribution in [0.4, 0.5) is 0 Å². The van der Waals surface area contributed by atoms with E-state index in [0.29, 0.717) is 5.56 Å². The fraction of sp³-hybridized carbons (Fsp3) is 0.364. The smallest absolute Gasteiger partial charge is 0.268 e. The van der Waals surface area contributed by atoms with Gasteiger partial charge in [-0.15, -0.1) is 0 Å². The summed E-state index contributed by atoms with van der Waals surface area (Å²) >= 11 is 2.12. The summed E-state index contributed by atoms with van der Waals surface area (Å²) in [5, 5.41) is 0. The highest BCUT2D eigenvalue weighted by Crippen LogP contribution is 2.12. The Morgan fingerprint density at radius 3 is 2.47 bits per heavy atom. The van der Waals surface area contributed by atoms with Crippen molar-refractivity contribution >= 4 is 28.5 Å². The molecule has 0 atom stereocenters. The van der Waals surface area contributed by atoms with Crippen molar-refractivity contribution in [1.82, 2.24) is 5.48 Å². The van der Waals surface area contributed by atoms with Crippen LogP contribution >= 0.6 is 22.6 Å². The van der Waals surface area contributed by atoms with Gasteiger partial charge in [0.25, 0.3) is 5.91 Å². The third kappa shape index (κ3) is 4.17. The first-order chi connectivity index (χ1) is 6.90. The van der Waals surface area contributed by atoms with Gasteiger partial charge in [0.05, 0.1) is 11.2 Å². The zero-order chi connectivity index (χ0) is 11.5. The molecule has 1 amide bonds. The largest absolute Gasteiger partial charge is 0.275 e. The Kier molecular flexibility index (Phi) is 4.10. The van der Waals surface area contributed by atoms with Gasteiger partial charge in [-0.25, -0.2) is 5.48 Å². The molecule has 0 aliphatic carbocycles. The number of halogens is 1. The molecular weight excluding hydrogens is 305 g/mol. The summed E-state index contributed by atoms with van der Waals surface area (Å²) in [5.41, 5.74) is 2.68. The molecule has 0 radical (unpaired) electrons. The fourth-order valence-corrected chi connectivity index (χ4v) is 1.53. The van der Waals surface area contributed by atoms with Crippen molar-refractivity contribution in [2.75, 3.05) is 0 Å². The van der Waals surface area contributed by atoms with Gasteiger partial charge in [0.15, 0.2) is 0 Å². The third-order valence-corrected chi connectivity index (χ3v) is 2.51. The van der Waals surface area contributed by atoms with E-state index in [-0.39, 0.29) is 11.5 Å². The van der Waals surface area contributed by atoms with Crippen LogP contribution in [0.3, 0.4) is 0 Å². The first-order valence-electron chi connectivity index (χ1n) is 4.63. The lowest BCUT2D eigenvalue weighted by Gasteiger charge is -2.19. The quantitative estimate of drug-likeness (QED) is 0.672. The molecular formula is C11H14INO2. The monoisotopic (exact) mass is 319 g/mol. The molecule has 0 aliphatic rings. The first kappa shape index (κ1) is 12.4. The van der Waals surface area contributed by atoms with Crippen molar-refractivity contribution in [2.24, 2.45) is 0 Å². The maximum Gasteiger partial charge on any atom is 0.275 e. The normalized spacial score (nSPS) is 11.2. The van der Waals surface area contributed by atoms with Crippen LogP contribution in [-0.4, -0.2) is 11.5 Å². The summed E-state index contributed by atoms with van der Waals surface area (Å²) in [7, 11) is 0. The van der Waals surface area contributed by atoms with Gasteiger partial charge in [-0.3, -0.25) is 9.63 Å². The molecule has 0 heterocycles. The van der Waals surface area contributed by atoms with E-state index >= 15 is 0 Å². The summed E-state index contributed by atoms with van der Waals surface area (Å²) in [5.74, 6) is -0.213. The molecule has 3 nitrogen and oxygen atoms in total. The van der Waals surface area contributed by atoms with Gasteiger partial charge in [0.2, 0.25) is 0 Å². The molecule has 0 fully saturated rings. The predicted octanol–water partition coefficient (Wildman–Crippen LogP) is 2.75. The number of nitrogens with one attached hydrogen (secondary N) is 1. The lowest BCUT2D eigenvalue weighted by molar-refractivity contribution is -0.0590. The Labute approximate surface area is 103 Å². The molecule has 1 aromatic rings. The predicted molar refractivity (Wildman–Crippen MR) is 67.5 cm³/mol. The van der Waals surface area contributed by atoms with E-state index in [4.69, 9.17) is 4.84 Å². The van der Waals surface area contributed by atoms with E-state index in [1.165, 1.54) is 0 Å². The standard InChI is InChI=1S/C11H14INO2/c1-11(2,3)15-13-10(14)8-6-4-5-7-9(8)12/h4-7H,1-3H3,(H,13,14). The highest BCUT2D eigenvalue weighted by molar-refractivity contribution is 14.1. The molecule has 0 aromatic heterocycles.